The standard InChI is InChI=1S/C9H11N7O/c10-7-4-11-3-6(15-7)9(17)12-2-1-8-13-5-14-16-8/h3-5H,1-2H2,(H2,10,15)(H,12,17)(H,13,14,16). The molecular weight excluding hydrogens is 222 g/mol. The molecule has 0 saturated heterocycles. The van der Waals surface area contributed by atoms with Crippen LogP contribution in [-0.2, 0) is 6.42 Å². The van der Waals surface area contributed by atoms with Crippen LogP contribution in [-0.4, -0.2) is 37.6 Å². The molecule has 0 bridgehead atoms. The summed E-state index contributed by atoms with van der Waals surface area (Å²) in [6.07, 6.45) is 4.73. The Morgan fingerprint density at radius 3 is 3.06 bits per heavy atom. The first-order chi connectivity index (χ1) is 8.25. The number of amides is 1. The summed E-state index contributed by atoms with van der Waals surface area (Å²) >= 11 is 0. The number of carbonyl (C=O) groups excluding carboxylic acids is 1. The maximum absolute atomic E-state index is 11.6. The van der Waals surface area contributed by atoms with E-state index < -0.39 is 0 Å². The van der Waals surface area contributed by atoms with Gasteiger partial charge in [-0.15, -0.1) is 0 Å². The molecular formula is C9H11N7O. The van der Waals surface area contributed by atoms with Crippen molar-refractivity contribution in [3.63, 3.8) is 0 Å². The monoisotopic (exact) mass is 233 g/mol. The van der Waals surface area contributed by atoms with Crippen molar-refractivity contribution in [1.82, 2.24) is 30.5 Å². The molecule has 2 heterocycles. The number of anilines is 1. The number of aromatic amines is 1. The van der Waals surface area contributed by atoms with E-state index in [0.717, 1.165) is 0 Å². The fourth-order valence-corrected chi connectivity index (χ4v) is 1.23. The van der Waals surface area contributed by atoms with Gasteiger partial charge >= 0.3 is 0 Å². The molecule has 88 valence electrons. The second-order valence-corrected chi connectivity index (χ2v) is 3.27. The topological polar surface area (TPSA) is 122 Å². The number of nitrogen functional groups attached to an aromatic ring is 1. The number of nitrogens with zero attached hydrogens (tertiary/aromatic N) is 4. The molecule has 0 radical (unpaired) electrons. The Bertz CT molecular complexity index is 496. The van der Waals surface area contributed by atoms with Gasteiger partial charge in [-0.3, -0.25) is 14.9 Å². The minimum absolute atomic E-state index is 0.197. The quantitative estimate of drug-likeness (QED) is 0.632. The van der Waals surface area contributed by atoms with Gasteiger partial charge in [-0.2, -0.15) is 5.10 Å². The van der Waals surface area contributed by atoms with Gasteiger partial charge in [0.1, 0.15) is 23.7 Å². The van der Waals surface area contributed by atoms with Crippen LogP contribution in [0.25, 0.3) is 0 Å². The van der Waals surface area contributed by atoms with Gasteiger partial charge in [0.05, 0.1) is 12.4 Å². The number of nitrogens with two attached hydrogens (primary N) is 1. The summed E-state index contributed by atoms with van der Waals surface area (Å²) in [5.41, 5.74) is 5.62. The van der Waals surface area contributed by atoms with Crippen molar-refractivity contribution in [2.75, 3.05) is 12.3 Å². The van der Waals surface area contributed by atoms with Crippen LogP contribution in [0.5, 0.6) is 0 Å². The molecule has 0 aromatic carbocycles. The lowest BCUT2D eigenvalue weighted by molar-refractivity contribution is 0.0948. The highest BCUT2D eigenvalue weighted by Gasteiger charge is 2.07. The van der Waals surface area contributed by atoms with Crippen LogP contribution in [0.2, 0.25) is 0 Å². The molecule has 17 heavy (non-hydrogen) atoms. The number of aromatic nitrogens is 5. The Morgan fingerprint density at radius 1 is 1.47 bits per heavy atom. The lowest BCUT2D eigenvalue weighted by atomic mass is 10.3. The molecule has 0 aliphatic carbocycles. The third-order valence-corrected chi connectivity index (χ3v) is 2.00. The van der Waals surface area contributed by atoms with Crippen LogP contribution in [0.1, 0.15) is 16.3 Å². The van der Waals surface area contributed by atoms with Gasteiger partial charge in [-0.1, -0.05) is 0 Å². The summed E-state index contributed by atoms with van der Waals surface area (Å²) in [6, 6.07) is 0. The van der Waals surface area contributed by atoms with E-state index in [9.17, 15) is 4.79 Å². The molecule has 2 rings (SSSR count). The van der Waals surface area contributed by atoms with Gasteiger partial charge in [-0.25, -0.2) is 9.97 Å². The molecule has 2 aromatic heterocycles. The van der Waals surface area contributed by atoms with Crippen molar-refractivity contribution in [3.8, 4) is 0 Å². The molecule has 0 aliphatic heterocycles. The molecule has 0 aliphatic rings. The van der Waals surface area contributed by atoms with E-state index in [1.165, 1.54) is 18.7 Å². The third-order valence-electron chi connectivity index (χ3n) is 2.00. The normalized spacial score (nSPS) is 10.1. The number of nitrogens with one attached hydrogen (secondary N) is 2. The van der Waals surface area contributed by atoms with Crippen molar-refractivity contribution in [2.24, 2.45) is 0 Å². The van der Waals surface area contributed by atoms with Crippen LogP contribution in [0.3, 0.4) is 0 Å². The van der Waals surface area contributed by atoms with Crippen LogP contribution in [0.15, 0.2) is 18.7 Å². The minimum Gasteiger partial charge on any atom is -0.382 e. The summed E-state index contributed by atoms with van der Waals surface area (Å²) in [5.74, 6) is 0.612. The number of rotatable bonds is 4. The summed E-state index contributed by atoms with van der Waals surface area (Å²) in [6.45, 7) is 0.435. The number of hydrogen-bond acceptors (Lipinski definition) is 6. The Balaban J connectivity index is 1.85. The van der Waals surface area contributed by atoms with E-state index in [-0.39, 0.29) is 17.4 Å². The fourth-order valence-electron chi connectivity index (χ4n) is 1.23. The van der Waals surface area contributed by atoms with E-state index >= 15 is 0 Å². The predicted molar refractivity (Wildman–Crippen MR) is 58.9 cm³/mol. The zero-order chi connectivity index (χ0) is 12.1. The maximum atomic E-state index is 11.6. The largest absolute Gasteiger partial charge is 0.382 e. The summed E-state index contributed by atoms with van der Waals surface area (Å²) < 4.78 is 0. The number of hydrogen-bond donors (Lipinski definition) is 3. The Labute approximate surface area is 96.7 Å². The number of carbonyl (C=O) groups is 1. The number of H-pyrrole nitrogens is 1. The van der Waals surface area contributed by atoms with Crippen LogP contribution >= 0.6 is 0 Å². The fraction of sp³-hybridized carbons (Fsp3) is 0.222. The minimum atomic E-state index is -0.315. The van der Waals surface area contributed by atoms with E-state index in [1.807, 2.05) is 0 Å². The third kappa shape index (κ3) is 2.97. The second-order valence-electron chi connectivity index (χ2n) is 3.27. The highest BCUT2D eigenvalue weighted by molar-refractivity contribution is 5.92. The molecule has 0 unspecified atom stereocenters. The predicted octanol–water partition coefficient (Wildman–Crippen LogP) is -0.851. The van der Waals surface area contributed by atoms with Crippen molar-refractivity contribution < 1.29 is 4.79 Å². The van der Waals surface area contributed by atoms with Crippen LogP contribution < -0.4 is 11.1 Å². The molecule has 0 spiro atoms. The van der Waals surface area contributed by atoms with E-state index in [0.29, 0.717) is 18.8 Å². The first kappa shape index (κ1) is 11.0. The van der Waals surface area contributed by atoms with Gasteiger partial charge in [0.25, 0.3) is 5.91 Å². The lowest BCUT2D eigenvalue weighted by Gasteiger charge is -2.03. The summed E-state index contributed by atoms with van der Waals surface area (Å²) in [5, 5.41) is 9.08. The van der Waals surface area contributed by atoms with Gasteiger partial charge in [0.2, 0.25) is 0 Å². The zero-order valence-corrected chi connectivity index (χ0v) is 8.92. The van der Waals surface area contributed by atoms with E-state index in [1.54, 1.807) is 0 Å². The maximum Gasteiger partial charge on any atom is 0.271 e. The van der Waals surface area contributed by atoms with Crippen molar-refractivity contribution in [2.45, 2.75) is 6.42 Å². The van der Waals surface area contributed by atoms with Crippen LogP contribution in [0.4, 0.5) is 5.82 Å². The Morgan fingerprint density at radius 2 is 2.35 bits per heavy atom. The molecule has 1 amide bonds. The first-order valence-corrected chi connectivity index (χ1v) is 4.95. The van der Waals surface area contributed by atoms with Crippen molar-refractivity contribution in [1.29, 1.82) is 0 Å². The van der Waals surface area contributed by atoms with Gasteiger partial charge in [-0.05, 0) is 0 Å². The van der Waals surface area contributed by atoms with E-state index in [4.69, 9.17) is 5.73 Å². The van der Waals surface area contributed by atoms with Crippen LogP contribution in [0, 0.1) is 0 Å². The van der Waals surface area contributed by atoms with E-state index in [2.05, 4.69) is 30.5 Å². The van der Waals surface area contributed by atoms with Crippen molar-refractivity contribution >= 4 is 11.7 Å². The Hall–Kier alpha value is -2.51. The van der Waals surface area contributed by atoms with Gasteiger partial charge in [0.15, 0.2) is 0 Å². The molecule has 0 fully saturated rings. The SMILES string of the molecule is Nc1cncc(C(=O)NCCc2ncn[nH]2)n1. The Kier molecular flexibility index (Phi) is 3.24. The molecule has 2 aromatic rings. The summed E-state index contributed by atoms with van der Waals surface area (Å²) in [7, 11) is 0. The molecule has 4 N–H and O–H groups in total. The second kappa shape index (κ2) is 5.01. The highest BCUT2D eigenvalue weighted by Crippen LogP contribution is 1.96. The average molecular weight is 233 g/mol. The molecule has 0 atom stereocenters. The van der Waals surface area contributed by atoms with Gasteiger partial charge in [0, 0.05) is 13.0 Å². The zero-order valence-electron chi connectivity index (χ0n) is 8.92. The molecule has 8 nitrogen and oxygen atoms in total. The lowest BCUT2D eigenvalue weighted by Crippen LogP contribution is -2.27. The van der Waals surface area contributed by atoms with Crippen molar-refractivity contribution in [3.05, 3.63) is 30.2 Å². The highest BCUT2D eigenvalue weighted by atomic mass is 16.1. The first-order valence-electron chi connectivity index (χ1n) is 4.95. The summed E-state index contributed by atoms with van der Waals surface area (Å²) in [4.78, 5) is 23.2. The molecule has 8 heteroatoms. The smallest absolute Gasteiger partial charge is 0.271 e. The van der Waals surface area contributed by atoms with Gasteiger partial charge < -0.3 is 11.1 Å². The molecule has 0 saturated carbocycles. The average Bonchev–Trinajstić information content (AvgIpc) is 2.82.